The quantitative estimate of drug-likeness (QED) is 0.553. The molecule has 0 saturated carbocycles. The van der Waals surface area contributed by atoms with E-state index < -0.39 is 0 Å². The fourth-order valence-electron chi connectivity index (χ4n) is 2.60. The maximum atomic E-state index is 12.4. The lowest BCUT2D eigenvalue weighted by Crippen LogP contribution is -2.20. The Morgan fingerprint density at radius 3 is 2.17 bits per heavy atom. The van der Waals surface area contributed by atoms with Crippen LogP contribution in [0.3, 0.4) is 0 Å². The Labute approximate surface area is 177 Å². The van der Waals surface area contributed by atoms with Gasteiger partial charge in [0.05, 0.1) is 32.8 Å². The summed E-state index contributed by atoms with van der Waals surface area (Å²) in [6.45, 7) is 0. The van der Waals surface area contributed by atoms with Crippen molar-refractivity contribution in [1.82, 2.24) is 9.78 Å². The predicted octanol–water partition coefficient (Wildman–Crippen LogP) is 2.99. The molecule has 30 heavy (non-hydrogen) atoms. The van der Waals surface area contributed by atoms with Crippen LogP contribution in [0.15, 0.2) is 64.4 Å². The van der Waals surface area contributed by atoms with Crippen LogP contribution >= 0.6 is 11.8 Å². The summed E-state index contributed by atoms with van der Waals surface area (Å²) in [5.41, 5.74) is 0.904. The van der Waals surface area contributed by atoms with Crippen LogP contribution in [-0.2, 0) is 4.79 Å². The number of carbonyl (C=O) groups excluding carboxylic acids is 1. The molecule has 3 rings (SSSR count). The van der Waals surface area contributed by atoms with Crippen molar-refractivity contribution in [2.75, 3.05) is 32.4 Å². The van der Waals surface area contributed by atoms with Crippen LogP contribution in [0, 0.1) is 0 Å². The first-order valence-corrected chi connectivity index (χ1v) is 9.91. The van der Waals surface area contributed by atoms with Gasteiger partial charge in [-0.2, -0.15) is 9.78 Å². The van der Waals surface area contributed by atoms with Gasteiger partial charge in [0.15, 0.2) is 0 Å². The topological polar surface area (TPSA) is 91.7 Å². The number of carbonyl (C=O) groups is 1. The molecule has 0 aliphatic heterocycles. The van der Waals surface area contributed by atoms with Crippen LogP contribution in [0.2, 0.25) is 0 Å². The molecule has 3 aromatic rings. The van der Waals surface area contributed by atoms with Gasteiger partial charge in [0, 0.05) is 30.0 Å². The Hall–Kier alpha value is -3.46. The molecule has 0 aliphatic carbocycles. The van der Waals surface area contributed by atoms with Crippen LogP contribution in [0.4, 0.5) is 5.69 Å². The minimum atomic E-state index is -0.266. The van der Waals surface area contributed by atoms with Crippen molar-refractivity contribution < 1.29 is 19.0 Å². The van der Waals surface area contributed by atoms with Gasteiger partial charge in [-0.3, -0.25) is 9.59 Å². The third-order valence-corrected chi connectivity index (χ3v) is 5.00. The number of amides is 1. The van der Waals surface area contributed by atoms with Gasteiger partial charge in [-0.1, -0.05) is 11.8 Å². The van der Waals surface area contributed by atoms with Crippen molar-refractivity contribution in [2.24, 2.45) is 0 Å². The third-order valence-electron chi connectivity index (χ3n) is 4.08. The molecule has 0 aliphatic rings. The molecule has 1 amide bonds. The maximum Gasteiger partial charge on any atom is 0.271 e. The number of rotatable bonds is 8. The summed E-state index contributed by atoms with van der Waals surface area (Å²) in [6.07, 6.45) is 0. The first kappa shape index (κ1) is 21.3. The number of anilines is 1. The minimum absolute atomic E-state index is 0.118. The van der Waals surface area contributed by atoms with Gasteiger partial charge in [0.2, 0.25) is 5.91 Å². The summed E-state index contributed by atoms with van der Waals surface area (Å²) in [7, 11) is 4.66. The first-order valence-electron chi connectivity index (χ1n) is 8.93. The third kappa shape index (κ3) is 5.32. The summed E-state index contributed by atoms with van der Waals surface area (Å²) >= 11 is 1.22. The zero-order chi connectivity index (χ0) is 21.5. The lowest BCUT2D eigenvalue weighted by atomic mass is 10.2. The Morgan fingerprint density at radius 1 is 0.933 bits per heavy atom. The zero-order valence-corrected chi connectivity index (χ0v) is 17.6. The second-order valence-electron chi connectivity index (χ2n) is 6.06. The van der Waals surface area contributed by atoms with E-state index in [1.54, 1.807) is 69.9 Å². The predicted molar refractivity (Wildman–Crippen MR) is 115 cm³/mol. The summed E-state index contributed by atoms with van der Waals surface area (Å²) in [5, 5.41) is 7.69. The van der Waals surface area contributed by atoms with Gasteiger partial charge < -0.3 is 19.5 Å². The maximum absolute atomic E-state index is 12.4. The monoisotopic (exact) mass is 427 g/mol. The fraction of sp³-hybridized carbons (Fsp3) is 0.190. The van der Waals surface area contributed by atoms with E-state index in [0.29, 0.717) is 33.6 Å². The summed E-state index contributed by atoms with van der Waals surface area (Å²) < 4.78 is 16.8. The standard InChI is InChI=1S/C21H21N3O5S/c1-27-16-6-4-15(5-7-16)24-21(26)9-8-20(23-24)30-13-19(25)22-14-10-17(28-2)12-18(11-14)29-3/h4-12H,13H2,1-3H3,(H,22,25). The highest BCUT2D eigenvalue weighted by Crippen LogP contribution is 2.26. The Morgan fingerprint density at radius 2 is 1.57 bits per heavy atom. The molecule has 1 aromatic heterocycles. The number of benzene rings is 2. The molecule has 1 N–H and O–H groups in total. The first-order chi connectivity index (χ1) is 14.5. The lowest BCUT2D eigenvalue weighted by molar-refractivity contribution is -0.113. The number of nitrogens with one attached hydrogen (secondary N) is 1. The van der Waals surface area contributed by atoms with Crippen LogP contribution in [0.25, 0.3) is 5.69 Å². The molecule has 0 unspecified atom stereocenters. The average molecular weight is 427 g/mol. The van der Waals surface area contributed by atoms with Crippen LogP contribution in [0.1, 0.15) is 0 Å². The molecular weight excluding hydrogens is 406 g/mol. The van der Waals surface area contributed by atoms with Gasteiger partial charge >= 0.3 is 0 Å². The van der Waals surface area contributed by atoms with Gasteiger partial charge in [-0.25, -0.2) is 0 Å². The average Bonchev–Trinajstić information content (AvgIpc) is 2.78. The van der Waals surface area contributed by atoms with Crippen LogP contribution in [-0.4, -0.2) is 42.8 Å². The zero-order valence-electron chi connectivity index (χ0n) is 16.7. The van der Waals surface area contributed by atoms with E-state index in [9.17, 15) is 9.59 Å². The van der Waals surface area contributed by atoms with E-state index in [-0.39, 0.29) is 17.2 Å². The number of methoxy groups -OCH3 is 3. The molecule has 0 atom stereocenters. The largest absolute Gasteiger partial charge is 0.497 e. The van der Waals surface area contributed by atoms with E-state index in [1.807, 2.05) is 0 Å². The highest BCUT2D eigenvalue weighted by Gasteiger charge is 2.09. The van der Waals surface area contributed by atoms with Crippen LogP contribution < -0.4 is 25.1 Å². The molecule has 1 heterocycles. The van der Waals surface area contributed by atoms with E-state index in [4.69, 9.17) is 14.2 Å². The number of aromatic nitrogens is 2. The number of hydrogen-bond acceptors (Lipinski definition) is 7. The molecule has 156 valence electrons. The second kappa shape index (κ2) is 9.84. The molecule has 0 spiro atoms. The molecule has 2 aromatic carbocycles. The van der Waals surface area contributed by atoms with Crippen molar-refractivity contribution in [2.45, 2.75) is 5.03 Å². The summed E-state index contributed by atoms with van der Waals surface area (Å²) in [6, 6.07) is 15.1. The van der Waals surface area contributed by atoms with Crippen molar-refractivity contribution in [3.8, 4) is 22.9 Å². The highest BCUT2D eigenvalue weighted by atomic mass is 32.2. The molecule has 8 nitrogen and oxygen atoms in total. The molecule has 0 radical (unpaired) electrons. The second-order valence-corrected chi connectivity index (χ2v) is 7.05. The van der Waals surface area contributed by atoms with Gasteiger partial charge in [0.1, 0.15) is 22.3 Å². The Balaban J connectivity index is 1.68. The molecule has 0 fully saturated rings. The van der Waals surface area contributed by atoms with E-state index >= 15 is 0 Å². The number of hydrogen-bond donors (Lipinski definition) is 1. The van der Waals surface area contributed by atoms with Crippen molar-refractivity contribution in [3.05, 3.63) is 65.0 Å². The van der Waals surface area contributed by atoms with E-state index in [2.05, 4.69) is 10.4 Å². The Bertz CT molecular complexity index is 1060. The van der Waals surface area contributed by atoms with Crippen molar-refractivity contribution >= 4 is 23.4 Å². The van der Waals surface area contributed by atoms with Crippen LogP contribution in [0.5, 0.6) is 17.2 Å². The molecule has 9 heteroatoms. The Kier molecular flexibility index (Phi) is 6.97. The SMILES string of the molecule is COc1ccc(-n2nc(SCC(=O)Nc3cc(OC)cc(OC)c3)ccc2=O)cc1. The van der Waals surface area contributed by atoms with Crippen molar-refractivity contribution in [3.63, 3.8) is 0 Å². The fourth-order valence-corrected chi connectivity index (χ4v) is 3.25. The number of ether oxygens (including phenoxy) is 3. The molecular formula is C21H21N3O5S. The summed E-state index contributed by atoms with van der Waals surface area (Å²) in [4.78, 5) is 24.5. The van der Waals surface area contributed by atoms with E-state index in [0.717, 1.165) is 0 Å². The van der Waals surface area contributed by atoms with E-state index in [1.165, 1.54) is 22.5 Å². The normalized spacial score (nSPS) is 10.4. The molecule has 0 saturated heterocycles. The summed E-state index contributed by atoms with van der Waals surface area (Å²) in [5.74, 6) is 1.73. The molecule has 0 bridgehead atoms. The number of nitrogens with zero attached hydrogens (tertiary/aromatic N) is 2. The van der Waals surface area contributed by atoms with Crippen molar-refractivity contribution in [1.29, 1.82) is 0 Å². The lowest BCUT2D eigenvalue weighted by Gasteiger charge is -2.10. The minimum Gasteiger partial charge on any atom is -0.497 e. The number of thioether (sulfide) groups is 1. The van der Waals surface area contributed by atoms with Gasteiger partial charge in [-0.15, -0.1) is 0 Å². The highest BCUT2D eigenvalue weighted by molar-refractivity contribution is 7.99. The van der Waals surface area contributed by atoms with Gasteiger partial charge in [0.25, 0.3) is 5.56 Å². The van der Waals surface area contributed by atoms with Gasteiger partial charge in [-0.05, 0) is 30.3 Å². The smallest absolute Gasteiger partial charge is 0.271 e.